The molecule has 0 fully saturated rings. The molecule has 0 aliphatic rings. The second-order valence-electron chi connectivity index (χ2n) is 4.51. The van der Waals surface area contributed by atoms with Gasteiger partial charge in [-0.2, -0.15) is 0 Å². The Morgan fingerprint density at radius 2 is 2.15 bits per heavy atom. The van der Waals surface area contributed by atoms with E-state index in [0.29, 0.717) is 17.2 Å². The highest BCUT2D eigenvalue weighted by Crippen LogP contribution is 2.21. The minimum absolute atomic E-state index is 0.00453. The zero-order chi connectivity index (χ0) is 14.7. The van der Waals surface area contributed by atoms with E-state index in [4.69, 9.17) is 4.74 Å². The van der Waals surface area contributed by atoms with Gasteiger partial charge in [-0.1, -0.05) is 6.07 Å². The first kappa shape index (κ1) is 14.5. The fraction of sp³-hybridized carbons (Fsp3) is 0.333. The lowest BCUT2D eigenvalue weighted by Crippen LogP contribution is -2.13. The molecule has 0 N–H and O–H groups in total. The van der Waals surface area contributed by atoms with Crippen molar-refractivity contribution in [3.05, 3.63) is 45.4 Å². The largest absolute Gasteiger partial charge is 0.466 e. The molecule has 0 aliphatic heterocycles. The van der Waals surface area contributed by atoms with Crippen LogP contribution in [0.2, 0.25) is 0 Å². The summed E-state index contributed by atoms with van der Waals surface area (Å²) in [7, 11) is 1.81. The summed E-state index contributed by atoms with van der Waals surface area (Å²) in [4.78, 5) is 24.7. The zero-order valence-electron chi connectivity index (χ0n) is 11.8. The fourth-order valence-electron chi connectivity index (χ4n) is 2.21. The predicted molar refractivity (Wildman–Crippen MR) is 78.2 cm³/mol. The van der Waals surface area contributed by atoms with Gasteiger partial charge in [-0.05, 0) is 36.9 Å². The molecule has 0 radical (unpaired) electrons. The van der Waals surface area contributed by atoms with Crippen molar-refractivity contribution >= 4 is 23.1 Å². The molecule has 4 nitrogen and oxygen atoms in total. The maximum Gasteiger partial charge on any atom is 0.311 e. The van der Waals surface area contributed by atoms with Gasteiger partial charge in [0.2, 0.25) is 5.78 Å². The van der Waals surface area contributed by atoms with Crippen molar-refractivity contribution in [1.82, 2.24) is 4.57 Å². The maximum atomic E-state index is 12.4. The van der Waals surface area contributed by atoms with E-state index in [-0.39, 0.29) is 18.2 Å². The lowest BCUT2D eigenvalue weighted by Gasteiger charge is -2.07. The first-order valence-electron chi connectivity index (χ1n) is 6.43. The number of carbonyl (C=O) groups excluding carboxylic acids is 2. The SMILES string of the molecule is CCOC(=O)Cc1cc(C)c(C(=O)c2cccs2)n1C. The number of thiophene rings is 1. The van der Waals surface area contributed by atoms with Gasteiger partial charge in [0, 0.05) is 12.7 Å². The Hall–Kier alpha value is -1.88. The van der Waals surface area contributed by atoms with Crippen molar-refractivity contribution in [2.45, 2.75) is 20.3 Å². The average molecular weight is 291 g/mol. The van der Waals surface area contributed by atoms with E-state index in [1.165, 1.54) is 11.3 Å². The second-order valence-corrected chi connectivity index (χ2v) is 5.46. The second kappa shape index (κ2) is 6.05. The molecular weight excluding hydrogens is 274 g/mol. The first-order valence-corrected chi connectivity index (χ1v) is 7.31. The third-order valence-corrected chi connectivity index (χ3v) is 3.98. The van der Waals surface area contributed by atoms with Crippen molar-refractivity contribution in [2.75, 3.05) is 6.61 Å². The number of hydrogen-bond donors (Lipinski definition) is 0. The Bertz CT molecular complexity index is 626. The van der Waals surface area contributed by atoms with Gasteiger partial charge in [0.05, 0.1) is 23.6 Å². The summed E-state index contributed by atoms with van der Waals surface area (Å²) in [5.41, 5.74) is 2.30. The van der Waals surface area contributed by atoms with E-state index in [9.17, 15) is 9.59 Å². The smallest absolute Gasteiger partial charge is 0.311 e. The number of hydrogen-bond acceptors (Lipinski definition) is 4. The highest BCUT2D eigenvalue weighted by atomic mass is 32.1. The molecule has 2 aromatic rings. The summed E-state index contributed by atoms with van der Waals surface area (Å²) in [5.74, 6) is -0.279. The van der Waals surface area contributed by atoms with Crippen LogP contribution in [0.15, 0.2) is 23.6 Å². The Kier molecular flexibility index (Phi) is 4.39. The summed E-state index contributed by atoms with van der Waals surface area (Å²) in [5, 5.41) is 1.88. The number of rotatable bonds is 5. The van der Waals surface area contributed by atoms with Crippen LogP contribution in [-0.4, -0.2) is 22.9 Å². The molecule has 0 spiro atoms. The van der Waals surface area contributed by atoms with Crippen LogP contribution in [0.3, 0.4) is 0 Å². The zero-order valence-corrected chi connectivity index (χ0v) is 12.6. The van der Waals surface area contributed by atoms with Crippen molar-refractivity contribution < 1.29 is 14.3 Å². The molecule has 0 saturated heterocycles. The molecule has 0 aromatic carbocycles. The van der Waals surface area contributed by atoms with Crippen LogP contribution in [0.1, 0.15) is 33.5 Å². The number of aromatic nitrogens is 1. The van der Waals surface area contributed by atoms with Crippen molar-refractivity contribution in [3.8, 4) is 0 Å². The normalized spacial score (nSPS) is 10.6. The Morgan fingerprint density at radius 3 is 2.75 bits per heavy atom. The van der Waals surface area contributed by atoms with Gasteiger partial charge >= 0.3 is 5.97 Å². The highest BCUT2D eigenvalue weighted by molar-refractivity contribution is 7.12. The van der Waals surface area contributed by atoms with Gasteiger partial charge in [-0.15, -0.1) is 11.3 Å². The number of nitrogens with zero attached hydrogens (tertiary/aromatic N) is 1. The summed E-state index contributed by atoms with van der Waals surface area (Å²) >= 11 is 1.42. The molecule has 0 unspecified atom stereocenters. The van der Waals surface area contributed by atoms with E-state index < -0.39 is 0 Å². The number of ketones is 1. The van der Waals surface area contributed by atoms with Crippen LogP contribution in [0, 0.1) is 6.92 Å². The van der Waals surface area contributed by atoms with Crippen molar-refractivity contribution in [1.29, 1.82) is 0 Å². The number of aryl methyl sites for hydroxylation is 1. The van der Waals surface area contributed by atoms with Crippen LogP contribution in [0.5, 0.6) is 0 Å². The van der Waals surface area contributed by atoms with Gasteiger partial charge in [-0.3, -0.25) is 9.59 Å². The lowest BCUT2D eigenvalue weighted by molar-refractivity contribution is -0.142. The Labute approximate surface area is 122 Å². The molecule has 0 atom stereocenters. The van der Waals surface area contributed by atoms with E-state index >= 15 is 0 Å². The molecule has 2 heterocycles. The molecule has 0 saturated carbocycles. The highest BCUT2D eigenvalue weighted by Gasteiger charge is 2.20. The minimum atomic E-state index is -0.275. The molecular formula is C15H17NO3S. The van der Waals surface area contributed by atoms with Crippen LogP contribution < -0.4 is 0 Å². The molecule has 2 rings (SSSR count). The van der Waals surface area contributed by atoms with Crippen LogP contribution in [-0.2, 0) is 23.0 Å². The average Bonchev–Trinajstić information content (AvgIpc) is 2.99. The third-order valence-electron chi connectivity index (χ3n) is 3.11. The molecule has 106 valence electrons. The number of ether oxygens (including phenoxy) is 1. The van der Waals surface area contributed by atoms with Crippen LogP contribution >= 0.6 is 11.3 Å². The van der Waals surface area contributed by atoms with E-state index in [1.807, 2.05) is 37.6 Å². The Morgan fingerprint density at radius 1 is 1.40 bits per heavy atom. The van der Waals surface area contributed by atoms with Gasteiger partial charge < -0.3 is 9.30 Å². The molecule has 5 heteroatoms. The standard InChI is InChI=1S/C15H17NO3S/c1-4-19-13(17)9-11-8-10(2)14(16(11)3)15(18)12-6-5-7-20-12/h5-8H,4,9H2,1-3H3. The van der Waals surface area contributed by atoms with Crippen molar-refractivity contribution in [3.63, 3.8) is 0 Å². The minimum Gasteiger partial charge on any atom is -0.466 e. The summed E-state index contributed by atoms with van der Waals surface area (Å²) in [6.45, 7) is 4.03. The van der Waals surface area contributed by atoms with Crippen LogP contribution in [0.4, 0.5) is 0 Å². The van der Waals surface area contributed by atoms with Crippen LogP contribution in [0.25, 0.3) is 0 Å². The number of esters is 1. The van der Waals surface area contributed by atoms with E-state index in [2.05, 4.69) is 0 Å². The quantitative estimate of drug-likeness (QED) is 0.628. The monoisotopic (exact) mass is 291 g/mol. The molecule has 0 bridgehead atoms. The van der Waals surface area contributed by atoms with Gasteiger partial charge in [0.1, 0.15) is 0 Å². The maximum absolute atomic E-state index is 12.4. The van der Waals surface area contributed by atoms with E-state index in [0.717, 1.165) is 11.3 Å². The summed E-state index contributed by atoms with van der Waals surface area (Å²) < 4.78 is 6.73. The summed E-state index contributed by atoms with van der Waals surface area (Å²) in [6, 6.07) is 5.54. The van der Waals surface area contributed by atoms with E-state index in [1.54, 1.807) is 11.5 Å². The van der Waals surface area contributed by atoms with Gasteiger partial charge in [-0.25, -0.2) is 0 Å². The topological polar surface area (TPSA) is 48.3 Å². The first-order chi connectivity index (χ1) is 9.54. The number of carbonyl (C=O) groups is 2. The summed E-state index contributed by atoms with van der Waals surface area (Å²) in [6.07, 6.45) is 0.183. The van der Waals surface area contributed by atoms with Gasteiger partial charge in [0.25, 0.3) is 0 Å². The fourth-order valence-corrected chi connectivity index (χ4v) is 2.87. The predicted octanol–water partition coefficient (Wildman–Crippen LogP) is 2.73. The molecule has 2 aromatic heterocycles. The molecule has 0 aliphatic carbocycles. The molecule has 0 amide bonds. The van der Waals surface area contributed by atoms with Gasteiger partial charge in [0.15, 0.2) is 0 Å². The Balaban J connectivity index is 2.30. The third kappa shape index (κ3) is 2.82. The lowest BCUT2D eigenvalue weighted by atomic mass is 10.1. The molecule has 20 heavy (non-hydrogen) atoms. The van der Waals surface area contributed by atoms with Crippen molar-refractivity contribution in [2.24, 2.45) is 7.05 Å².